The van der Waals surface area contributed by atoms with Crippen molar-refractivity contribution in [3.63, 3.8) is 0 Å². The highest BCUT2D eigenvalue weighted by Gasteiger charge is 2.24. The van der Waals surface area contributed by atoms with E-state index in [0.717, 1.165) is 0 Å². The van der Waals surface area contributed by atoms with Gasteiger partial charge in [-0.3, -0.25) is 9.59 Å². The van der Waals surface area contributed by atoms with Crippen LogP contribution >= 0.6 is 11.6 Å². The Bertz CT molecular complexity index is 1430. The van der Waals surface area contributed by atoms with Gasteiger partial charge in [0.05, 0.1) is 25.3 Å². The molecule has 0 spiro atoms. The van der Waals surface area contributed by atoms with Crippen molar-refractivity contribution in [3.8, 4) is 11.4 Å². The van der Waals surface area contributed by atoms with Gasteiger partial charge in [0.25, 0.3) is 5.91 Å². The van der Waals surface area contributed by atoms with Crippen LogP contribution in [0.15, 0.2) is 77.6 Å². The van der Waals surface area contributed by atoms with E-state index in [1.54, 1.807) is 59.2 Å². The maximum absolute atomic E-state index is 13.5. The number of ether oxygens (including phenoxy) is 2. The fourth-order valence-electron chi connectivity index (χ4n) is 3.74. The molecular weight excluding hydrogens is 456 g/mol. The number of nitrogens with zero attached hydrogens (tertiary/aromatic N) is 1. The van der Waals surface area contributed by atoms with Crippen LogP contribution in [0, 0.1) is 0 Å². The lowest BCUT2D eigenvalue weighted by Gasteiger charge is -2.20. The van der Waals surface area contributed by atoms with Crippen molar-refractivity contribution in [1.82, 2.24) is 9.88 Å². The van der Waals surface area contributed by atoms with E-state index in [4.69, 9.17) is 21.1 Å². The first-order chi connectivity index (χ1) is 16.4. The minimum absolute atomic E-state index is 0.0171. The minimum Gasteiger partial charge on any atom is -0.497 e. The van der Waals surface area contributed by atoms with Gasteiger partial charge in [0.15, 0.2) is 5.43 Å². The van der Waals surface area contributed by atoms with Gasteiger partial charge in [-0.05, 0) is 54.6 Å². The maximum Gasteiger partial charge on any atom is 0.355 e. The number of rotatable bonds is 6. The molecule has 0 saturated carbocycles. The number of hydrogen-bond acceptors (Lipinski definition) is 5. The van der Waals surface area contributed by atoms with Crippen LogP contribution in [0.2, 0.25) is 5.02 Å². The van der Waals surface area contributed by atoms with Crippen LogP contribution in [-0.4, -0.2) is 30.7 Å². The van der Waals surface area contributed by atoms with Gasteiger partial charge in [0, 0.05) is 28.2 Å². The summed E-state index contributed by atoms with van der Waals surface area (Å²) in [5.41, 5.74) is 1.20. The SMILES string of the molecule is COC(=O)c1c(CNC(=O)c2ccc(OC)cc2)c(=O)c2ccc(Cl)cc2n1-c1ccccc1. The number of para-hydroxylation sites is 1. The number of halogens is 1. The Labute approximate surface area is 200 Å². The van der Waals surface area contributed by atoms with Crippen molar-refractivity contribution < 1.29 is 19.1 Å². The molecule has 0 aliphatic carbocycles. The molecule has 172 valence electrons. The minimum atomic E-state index is -0.712. The topological polar surface area (TPSA) is 86.6 Å². The van der Waals surface area contributed by atoms with Crippen LogP contribution in [-0.2, 0) is 11.3 Å². The highest BCUT2D eigenvalue weighted by atomic mass is 35.5. The molecular formula is C26H21ClN2O5. The van der Waals surface area contributed by atoms with Crippen molar-refractivity contribution in [1.29, 1.82) is 0 Å². The monoisotopic (exact) mass is 476 g/mol. The van der Waals surface area contributed by atoms with Gasteiger partial charge >= 0.3 is 5.97 Å². The van der Waals surface area contributed by atoms with Crippen molar-refractivity contribution >= 4 is 34.4 Å². The van der Waals surface area contributed by atoms with E-state index in [0.29, 0.717) is 32.9 Å². The molecule has 3 aromatic carbocycles. The molecule has 0 aliphatic heterocycles. The molecule has 0 bridgehead atoms. The van der Waals surface area contributed by atoms with E-state index in [2.05, 4.69) is 5.32 Å². The summed E-state index contributed by atoms with van der Waals surface area (Å²) >= 11 is 6.23. The van der Waals surface area contributed by atoms with E-state index < -0.39 is 17.3 Å². The number of carbonyl (C=O) groups excluding carboxylic acids is 2. The third kappa shape index (κ3) is 4.38. The van der Waals surface area contributed by atoms with Gasteiger partial charge in [-0.2, -0.15) is 0 Å². The lowest BCUT2D eigenvalue weighted by Crippen LogP contribution is -2.31. The van der Waals surface area contributed by atoms with E-state index in [-0.39, 0.29) is 17.8 Å². The van der Waals surface area contributed by atoms with E-state index in [1.165, 1.54) is 14.2 Å². The van der Waals surface area contributed by atoms with Crippen LogP contribution in [0.4, 0.5) is 0 Å². The molecule has 1 amide bonds. The van der Waals surface area contributed by atoms with Crippen LogP contribution in [0.1, 0.15) is 26.4 Å². The summed E-state index contributed by atoms with van der Waals surface area (Å²) in [6.07, 6.45) is 0. The Hall–Kier alpha value is -4.10. The zero-order chi connectivity index (χ0) is 24.2. The number of benzene rings is 3. The Morgan fingerprint density at radius 1 is 0.971 bits per heavy atom. The fourth-order valence-corrected chi connectivity index (χ4v) is 3.91. The second-order valence-corrected chi connectivity index (χ2v) is 7.83. The van der Waals surface area contributed by atoms with Crippen LogP contribution in [0.3, 0.4) is 0 Å². The Balaban J connectivity index is 1.87. The largest absolute Gasteiger partial charge is 0.497 e. The lowest BCUT2D eigenvalue weighted by molar-refractivity contribution is 0.0589. The summed E-state index contributed by atoms with van der Waals surface area (Å²) in [5, 5.41) is 3.51. The number of pyridine rings is 1. The number of hydrogen-bond donors (Lipinski definition) is 1. The van der Waals surface area contributed by atoms with Gasteiger partial charge in [0.2, 0.25) is 0 Å². The standard InChI is InChI=1S/C26H21ClN2O5/c1-33-19-11-8-16(9-12-19)25(31)28-15-21-23(26(32)34-2)29(18-6-4-3-5-7-18)22-14-17(27)10-13-20(22)24(21)30/h3-14H,15H2,1-2H3,(H,28,31). The molecule has 0 aliphatic rings. The van der Waals surface area contributed by atoms with Crippen LogP contribution < -0.4 is 15.5 Å². The summed E-state index contributed by atoms with van der Waals surface area (Å²) in [5.74, 6) is -0.500. The average molecular weight is 477 g/mol. The number of fused-ring (bicyclic) bond motifs is 1. The average Bonchev–Trinajstić information content (AvgIpc) is 2.87. The van der Waals surface area contributed by atoms with E-state index in [1.807, 2.05) is 18.2 Å². The molecule has 7 nitrogen and oxygen atoms in total. The number of methoxy groups -OCH3 is 2. The Morgan fingerprint density at radius 3 is 2.32 bits per heavy atom. The zero-order valence-electron chi connectivity index (χ0n) is 18.5. The van der Waals surface area contributed by atoms with Gasteiger partial charge < -0.3 is 19.4 Å². The van der Waals surface area contributed by atoms with Gasteiger partial charge in [-0.1, -0.05) is 29.8 Å². The number of esters is 1. The molecule has 4 rings (SSSR count). The summed E-state index contributed by atoms with van der Waals surface area (Å²) in [6, 6.07) is 20.5. The lowest BCUT2D eigenvalue weighted by atomic mass is 10.1. The molecule has 1 heterocycles. The molecule has 1 aromatic heterocycles. The van der Waals surface area contributed by atoms with Crippen molar-refractivity contribution in [3.05, 3.63) is 105 Å². The normalized spacial score (nSPS) is 10.7. The summed E-state index contributed by atoms with van der Waals surface area (Å²) in [4.78, 5) is 39.2. The molecule has 8 heteroatoms. The molecule has 34 heavy (non-hydrogen) atoms. The molecule has 4 aromatic rings. The number of carbonyl (C=O) groups is 2. The summed E-state index contributed by atoms with van der Waals surface area (Å²) in [7, 11) is 2.78. The molecule has 0 atom stereocenters. The van der Waals surface area contributed by atoms with Gasteiger partial charge in [0.1, 0.15) is 11.4 Å². The molecule has 0 saturated heterocycles. The first-order valence-corrected chi connectivity index (χ1v) is 10.8. The fraction of sp³-hybridized carbons (Fsp3) is 0.115. The third-order valence-electron chi connectivity index (χ3n) is 5.40. The number of aromatic nitrogens is 1. The highest BCUT2D eigenvalue weighted by Crippen LogP contribution is 2.25. The third-order valence-corrected chi connectivity index (χ3v) is 5.64. The first kappa shape index (κ1) is 23.1. The smallest absolute Gasteiger partial charge is 0.355 e. The molecule has 0 fully saturated rings. The number of amides is 1. The van der Waals surface area contributed by atoms with Crippen molar-refractivity contribution in [2.75, 3.05) is 14.2 Å². The Kier molecular flexibility index (Phi) is 6.65. The molecule has 0 radical (unpaired) electrons. The number of nitrogens with one attached hydrogen (secondary N) is 1. The quantitative estimate of drug-likeness (QED) is 0.418. The molecule has 1 N–H and O–H groups in total. The molecule has 0 unspecified atom stereocenters. The van der Waals surface area contributed by atoms with Crippen molar-refractivity contribution in [2.45, 2.75) is 6.54 Å². The predicted molar refractivity (Wildman–Crippen MR) is 130 cm³/mol. The van der Waals surface area contributed by atoms with E-state index in [9.17, 15) is 14.4 Å². The predicted octanol–water partition coefficient (Wildman–Crippen LogP) is 4.37. The first-order valence-electron chi connectivity index (χ1n) is 10.4. The van der Waals surface area contributed by atoms with Gasteiger partial charge in [-0.15, -0.1) is 0 Å². The van der Waals surface area contributed by atoms with Gasteiger partial charge in [-0.25, -0.2) is 4.79 Å². The zero-order valence-corrected chi connectivity index (χ0v) is 19.3. The van der Waals surface area contributed by atoms with E-state index >= 15 is 0 Å². The van der Waals surface area contributed by atoms with Crippen LogP contribution in [0.5, 0.6) is 5.75 Å². The Morgan fingerprint density at radius 2 is 1.68 bits per heavy atom. The summed E-state index contributed by atoms with van der Waals surface area (Å²) < 4.78 is 11.8. The summed E-state index contributed by atoms with van der Waals surface area (Å²) in [6.45, 7) is -0.181. The van der Waals surface area contributed by atoms with Crippen LogP contribution in [0.25, 0.3) is 16.6 Å². The second kappa shape index (κ2) is 9.80. The maximum atomic E-state index is 13.5. The second-order valence-electron chi connectivity index (χ2n) is 7.39. The van der Waals surface area contributed by atoms with Crippen molar-refractivity contribution in [2.24, 2.45) is 0 Å². The highest BCUT2D eigenvalue weighted by molar-refractivity contribution is 6.31.